The first kappa shape index (κ1) is 19.9. The van der Waals surface area contributed by atoms with E-state index in [1.165, 1.54) is 18.6 Å². The van der Waals surface area contributed by atoms with Crippen molar-refractivity contribution in [3.05, 3.63) is 72.3 Å². The molecule has 1 atom stereocenters. The fourth-order valence-electron chi connectivity index (χ4n) is 2.42. The molecule has 2 amide bonds. The fraction of sp³-hybridized carbons (Fsp3) is 0.190. The van der Waals surface area contributed by atoms with Crippen LogP contribution in [-0.4, -0.2) is 29.9 Å². The molecule has 2 N–H and O–H groups in total. The summed E-state index contributed by atoms with van der Waals surface area (Å²) in [4.78, 5) is 28.4. The Labute approximate surface area is 167 Å². The summed E-state index contributed by atoms with van der Waals surface area (Å²) in [5, 5.41) is 5.37. The topological polar surface area (TPSA) is 103 Å². The zero-order valence-electron chi connectivity index (χ0n) is 16.0. The van der Waals surface area contributed by atoms with Gasteiger partial charge < -0.3 is 24.5 Å². The van der Waals surface area contributed by atoms with Crippen LogP contribution in [0.1, 0.15) is 22.8 Å². The van der Waals surface area contributed by atoms with Crippen LogP contribution in [0.2, 0.25) is 0 Å². The molecule has 2 aromatic heterocycles. The van der Waals surface area contributed by atoms with E-state index < -0.39 is 6.04 Å². The highest BCUT2D eigenvalue weighted by Crippen LogP contribution is 2.22. The number of aromatic nitrogens is 1. The molecule has 8 heteroatoms. The lowest BCUT2D eigenvalue weighted by atomic mass is 10.2. The van der Waals surface area contributed by atoms with Gasteiger partial charge in [-0.25, -0.2) is 4.98 Å². The Morgan fingerprint density at radius 1 is 1.10 bits per heavy atom. The van der Waals surface area contributed by atoms with Crippen molar-refractivity contribution in [1.82, 2.24) is 15.6 Å². The summed E-state index contributed by atoms with van der Waals surface area (Å²) in [6.07, 6.45) is 4.34. The molecule has 150 valence electrons. The number of benzene rings is 1. The number of carbonyl (C=O) groups excluding carboxylic acids is 2. The third-order valence-electron chi connectivity index (χ3n) is 4.07. The van der Waals surface area contributed by atoms with E-state index in [4.69, 9.17) is 13.9 Å². The molecular formula is C21H21N3O5. The van der Waals surface area contributed by atoms with Crippen molar-refractivity contribution in [2.75, 3.05) is 7.11 Å². The molecule has 3 aromatic rings. The van der Waals surface area contributed by atoms with Crippen molar-refractivity contribution in [3.63, 3.8) is 0 Å². The van der Waals surface area contributed by atoms with Crippen molar-refractivity contribution in [2.24, 2.45) is 0 Å². The molecule has 0 bridgehead atoms. The molecule has 0 fully saturated rings. The van der Waals surface area contributed by atoms with Crippen LogP contribution in [-0.2, 0) is 11.3 Å². The minimum absolute atomic E-state index is 0.278. The zero-order valence-corrected chi connectivity index (χ0v) is 16.0. The highest BCUT2D eigenvalue weighted by atomic mass is 16.5. The van der Waals surface area contributed by atoms with Gasteiger partial charge in [-0.1, -0.05) is 6.07 Å². The lowest BCUT2D eigenvalue weighted by molar-refractivity contribution is -0.122. The van der Waals surface area contributed by atoms with Crippen molar-refractivity contribution in [1.29, 1.82) is 0 Å². The highest BCUT2D eigenvalue weighted by Gasteiger charge is 2.17. The lowest BCUT2D eigenvalue weighted by Gasteiger charge is -2.13. The number of amides is 2. The van der Waals surface area contributed by atoms with Gasteiger partial charge in [-0.05, 0) is 42.8 Å². The number of hydrogen-bond acceptors (Lipinski definition) is 6. The third kappa shape index (κ3) is 5.58. The molecule has 0 aliphatic rings. The van der Waals surface area contributed by atoms with Crippen LogP contribution >= 0.6 is 0 Å². The van der Waals surface area contributed by atoms with Gasteiger partial charge in [-0.3, -0.25) is 9.59 Å². The van der Waals surface area contributed by atoms with E-state index >= 15 is 0 Å². The number of nitrogens with one attached hydrogen (secondary N) is 2. The zero-order chi connectivity index (χ0) is 20.6. The number of ether oxygens (including phenoxy) is 2. The van der Waals surface area contributed by atoms with Gasteiger partial charge in [-0.15, -0.1) is 0 Å². The maximum atomic E-state index is 12.2. The van der Waals surface area contributed by atoms with Gasteiger partial charge in [0, 0.05) is 18.8 Å². The molecule has 1 aromatic carbocycles. The molecule has 3 rings (SSSR count). The Balaban J connectivity index is 1.47. The van der Waals surface area contributed by atoms with Crippen LogP contribution in [0, 0.1) is 0 Å². The van der Waals surface area contributed by atoms with Gasteiger partial charge in [-0.2, -0.15) is 0 Å². The first-order valence-electron chi connectivity index (χ1n) is 8.93. The minimum Gasteiger partial charge on any atom is -0.497 e. The second-order valence-corrected chi connectivity index (χ2v) is 6.21. The van der Waals surface area contributed by atoms with Gasteiger partial charge >= 0.3 is 0 Å². The van der Waals surface area contributed by atoms with E-state index in [0.29, 0.717) is 17.2 Å². The Morgan fingerprint density at radius 3 is 2.48 bits per heavy atom. The number of hydrogen-bond donors (Lipinski definition) is 2. The number of furan rings is 1. The first-order chi connectivity index (χ1) is 14.0. The van der Waals surface area contributed by atoms with E-state index in [1.807, 2.05) is 0 Å². The summed E-state index contributed by atoms with van der Waals surface area (Å²) < 4.78 is 15.6. The quantitative estimate of drug-likeness (QED) is 0.608. The normalized spacial score (nSPS) is 11.4. The fourth-order valence-corrected chi connectivity index (χ4v) is 2.42. The average molecular weight is 395 g/mol. The summed E-state index contributed by atoms with van der Waals surface area (Å²) in [6, 6.07) is 11.5. The molecule has 0 aliphatic carbocycles. The number of nitrogens with zero attached hydrogens (tertiary/aromatic N) is 1. The van der Waals surface area contributed by atoms with Crippen LogP contribution in [0.4, 0.5) is 0 Å². The van der Waals surface area contributed by atoms with Crippen LogP contribution in [0.5, 0.6) is 17.4 Å². The molecule has 0 saturated carbocycles. The third-order valence-corrected chi connectivity index (χ3v) is 4.07. The SMILES string of the molecule is COc1ccc(Oc2ccc(CNC(=O)C(C)NC(=O)c3ccoc3)cn2)cc1. The summed E-state index contributed by atoms with van der Waals surface area (Å²) in [7, 11) is 1.60. The Bertz CT molecular complexity index is 937. The molecule has 8 nitrogen and oxygen atoms in total. The second kappa shape index (κ2) is 9.41. The predicted molar refractivity (Wildman–Crippen MR) is 105 cm³/mol. The molecule has 0 saturated heterocycles. The number of carbonyl (C=O) groups is 2. The number of rotatable bonds is 8. The lowest BCUT2D eigenvalue weighted by Crippen LogP contribution is -2.44. The van der Waals surface area contributed by atoms with Gasteiger partial charge in [0.2, 0.25) is 11.8 Å². The van der Waals surface area contributed by atoms with E-state index in [0.717, 1.165) is 11.3 Å². The smallest absolute Gasteiger partial charge is 0.255 e. The van der Waals surface area contributed by atoms with E-state index in [9.17, 15) is 9.59 Å². The highest BCUT2D eigenvalue weighted by molar-refractivity contribution is 5.97. The van der Waals surface area contributed by atoms with Crippen LogP contribution in [0.15, 0.2) is 65.6 Å². The van der Waals surface area contributed by atoms with Crippen LogP contribution in [0.25, 0.3) is 0 Å². The Hall–Kier alpha value is -3.81. The van der Waals surface area contributed by atoms with Gasteiger partial charge in [0.1, 0.15) is 23.8 Å². The molecule has 0 aliphatic heterocycles. The van der Waals surface area contributed by atoms with Crippen molar-refractivity contribution in [3.8, 4) is 17.4 Å². The standard InChI is InChI=1S/C21H21N3O5/c1-14(24-21(26)16-9-10-28-13-16)20(25)23-12-15-3-8-19(22-11-15)29-18-6-4-17(27-2)5-7-18/h3-11,13-14H,12H2,1-2H3,(H,23,25)(H,24,26). The Morgan fingerprint density at radius 2 is 1.86 bits per heavy atom. The predicted octanol–water partition coefficient (Wildman–Crippen LogP) is 2.91. The maximum absolute atomic E-state index is 12.2. The first-order valence-corrected chi connectivity index (χ1v) is 8.93. The maximum Gasteiger partial charge on any atom is 0.255 e. The largest absolute Gasteiger partial charge is 0.497 e. The molecule has 0 spiro atoms. The van der Waals surface area contributed by atoms with Crippen molar-refractivity contribution in [2.45, 2.75) is 19.5 Å². The van der Waals surface area contributed by atoms with Crippen molar-refractivity contribution >= 4 is 11.8 Å². The van der Waals surface area contributed by atoms with E-state index in [-0.39, 0.29) is 18.4 Å². The van der Waals surface area contributed by atoms with Crippen LogP contribution in [0.3, 0.4) is 0 Å². The monoisotopic (exact) mass is 395 g/mol. The molecule has 0 radical (unpaired) electrons. The van der Waals surface area contributed by atoms with E-state index in [1.54, 1.807) is 56.6 Å². The summed E-state index contributed by atoms with van der Waals surface area (Å²) >= 11 is 0. The second-order valence-electron chi connectivity index (χ2n) is 6.21. The van der Waals surface area contributed by atoms with Gasteiger partial charge in [0.25, 0.3) is 5.91 Å². The molecule has 1 unspecified atom stereocenters. The minimum atomic E-state index is -0.692. The molecular weight excluding hydrogens is 374 g/mol. The molecule has 2 heterocycles. The summed E-state index contributed by atoms with van der Waals surface area (Å²) in [5.74, 6) is 1.14. The average Bonchev–Trinajstić information content (AvgIpc) is 3.28. The van der Waals surface area contributed by atoms with Gasteiger partial charge in [0.15, 0.2) is 0 Å². The Kier molecular flexibility index (Phi) is 6.47. The number of methoxy groups -OCH3 is 1. The molecule has 29 heavy (non-hydrogen) atoms. The number of pyridine rings is 1. The summed E-state index contributed by atoms with van der Waals surface area (Å²) in [5.41, 5.74) is 1.16. The van der Waals surface area contributed by atoms with Crippen LogP contribution < -0.4 is 20.1 Å². The van der Waals surface area contributed by atoms with E-state index in [2.05, 4.69) is 15.6 Å². The van der Waals surface area contributed by atoms with Gasteiger partial charge in [0.05, 0.1) is 18.9 Å². The van der Waals surface area contributed by atoms with Crippen molar-refractivity contribution < 1.29 is 23.5 Å². The summed E-state index contributed by atoms with van der Waals surface area (Å²) in [6.45, 7) is 1.89.